The molecule has 0 aliphatic carbocycles. The third-order valence-electron chi connectivity index (χ3n) is 4.40. The van der Waals surface area contributed by atoms with Gasteiger partial charge in [0.1, 0.15) is 5.75 Å². The smallest absolute Gasteiger partial charge is 0.118 e. The van der Waals surface area contributed by atoms with E-state index in [4.69, 9.17) is 4.74 Å². The minimum atomic E-state index is 0.388. The molecule has 0 aromatic heterocycles. The summed E-state index contributed by atoms with van der Waals surface area (Å²) < 4.78 is 5.23. The van der Waals surface area contributed by atoms with Crippen LogP contribution in [-0.4, -0.2) is 19.7 Å². The van der Waals surface area contributed by atoms with E-state index in [0.29, 0.717) is 11.5 Å². The Kier molecular flexibility index (Phi) is 4.51. The molecule has 0 bridgehead atoms. The van der Waals surface area contributed by atoms with Crippen molar-refractivity contribution in [3.63, 3.8) is 0 Å². The molecule has 0 radical (unpaired) electrons. The fourth-order valence-electron chi connectivity index (χ4n) is 3.21. The average molecular weight is 261 g/mol. The topological polar surface area (TPSA) is 21.3 Å². The van der Waals surface area contributed by atoms with E-state index >= 15 is 0 Å². The first-order valence-electron chi connectivity index (χ1n) is 7.40. The summed E-state index contributed by atoms with van der Waals surface area (Å²) >= 11 is 0. The molecule has 1 aliphatic rings. The van der Waals surface area contributed by atoms with E-state index in [1.807, 2.05) is 0 Å². The van der Waals surface area contributed by atoms with Gasteiger partial charge in [0.2, 0.25) is 0 Å². The lowest BCUT2D eigenvalue weighted by molar-refractivity contribution is 0.246. The molecule has 1 N–H and O–H groups in total. The molecular weight excluding hydrogens is 234 g/mol. The summed E-state index contributed by atoms with van der Waals surface area (Å²) in [5, 5.41) is 3.70. The van der Waals surface area contributed by atoms with Gasteiger partial charge < -0.3 is 10.1 Å². The third kappa shape index (κ3) is 3.50. The van der Waals surface area contributed by atoms with Crippen LogP contribution in [0, 0.1) is 11.3 Å². The van der Waals surface area contributed by atoms with Crippen LogP contribution in [0.4, 0.5) is 0 Å². The average Bonchev–Trinajstić information content (AvgIpc) is 2.71. The van der Waals surface area contributed by atoms with Crippen LogP contribution >= 0.6 is 0 Å². The van der Waals surface area contributed by atoms with E-state index in [-0.39, 0.29) is 0 Å². The second-order valence-corrected chi connectivity index (χ2v) is 6.57. The van der Waals surface area contributed by atoms with Crippen molar-refractivity contribution in [2.24, 2.45) is 11.3 Å². The third-order valence-corrected chi connectivity index (χ3v) is 4.40. The molecular formula is C17H27NO. The molecule has 0 saturated carbocycles. The maximum absolute atomic E-state index is 5.23. The molecule has 106 valence electrons. The van der Waals surface area contributed by atoms with E-state index < -0.39 is 0 Å². The van der Waals surface area contributed by atoms with Gasteiger partial charge in [-0.1, -0.05) is 32.9 Å². The Morgan fingerprint density at radius 3 is 2.58 bits per heavy atom. The number of rotatable bonds is 5. The fourth-order valence-corrected chi connectivity index (χ4v) is 3.21. The SMILES string of the molecule is COc1ccc(CC2(C)CCNC2CC(C)C)cc1. The summed E-state index contributed by atoms with van der Waals surface area (Å²) in [6.45, 7) is 8.22. The van der Waals surface area contributed by atoms with Gasteiger partial charge in [0.15, 0.2) is 0 Å². The van der Waals surface area contributed by atoms with Gasteiger partial charge in [-0.15, -0.1) is 0 Å². The molecule has 19 heavy (non-hydrogen) atoms. The maximum Gasteiger partial charge on any atom is 0.118 e. The monoisotopic (exact) mass is 261 g/mol. The van der Waals surface area contributed by atoms with Gasteiger partial charge in [0.25, 0.3) is 0 Å². The number of methoxy groups -OCH3 is 1. The molecule has 2 unspecified atom stereocenters. The summed E-state index contributed by atoms with van der Waals surface area (Å²) in [7, 11) is 1.72. The molecule has 1 aromatic rings. The lowest BCUT2D eigenvalue weighted by Gasteiger charge is -2.32. The number of benzene rings is 1. The predicted octanol–water partition coefficient (Wildman–Crippen LogP) is 3.65. The Balaban J connectivity index is 2.06. The lowest BCUT2D eigenvalue weighted by Crippen LogP contribution is -2.37. The summed E-state index contributed by atoms with van der Waals surface area (Å²) in [5.74, 6) is 1.70. The van der Waals surface area contributed by atoms with Crippen molar-refractivity contribution in [3.05, 3.63) is 29.8 Å². The highest BCUT2D eigenvalue weighted by atomic mass is 16.5. The summed E-state index contributed by atoms with van der Waals surface area (Å²) in [4.78, 5) is 0. The van der Waals surface area contributed by atoms with E-state index in [1.54, 1.807) is 7.11 Å². The maximum atomic E-state index is 5.23. The van der Waals surface area contributed by atoms with E-state index in [2.05, 4.69) is 50.4 Å². The van der Waals surface area contributed by atoms with Crippen molar-refractivity contribution in [2.45, 2.75) is 46.1 Å². The quantitative estimate of drug-likeness (QED) is 0.873. The second kappa shape index (κ2) is 5.96. The van der Waals surface area contributed by atoms with Crippen molar-refractivity contribution in [1.29, 1.82) is 0 Å². The van der Waals surface area contributed by atoms with Crippen molar-refractivity contribution in [3.8, 4) is 5.75 Å². The van der Waals surface area contributed by atoms with Gasteiger partial charge in [0.05, 0.1) is 7.11 Å². The Bertz CT molecular complexity index is 398. The van der Waals surface area contributed by atoms with Crippen LogP contribution in [0.5, 0.6) is 5.75 Å². The minimum Gasteiger partial charge on any atom is -0.497 e. The first-order valence-corrected chi connectivity index (χ1v) is 7.40. The van der Waals surface area contributed by atoms with Crippen molar-refractivity contribution in [1.82, 2.24) is 5.32 Å². The van der Waals surface area contributed by atoms with E-state index in [0.717, 1.165) is 24.6 Å². The molecule has 2 heteroatoms. The van der Waals surface area contributed by atoms with Crippen LogP contribution in [0.2, 0.25) is 0 Å². The second-order valence-electron chi connectivity index (χ2n) is 6.57. The van der Waals surface area contributed by atoms with Gasteiger partial charge >= 0.3 is 0 Å². The zero-order valence-electron chi connectivity index (χ0n) is 12.7. The van der Waals surface area contributed by atoms with Gasteiger partial charge in [0, 0.05) is 6.04 Å². The lowest BCUT2D eigenvalue weighted by atomic mass is 9.74. The largest absolute Gasteiger partial charge is 0.497 e. The first-order chi connectivity index (χ1) is 9.03. The number of ether oxygens (including phenoxy) is 1. The molecule has 0 spiro atoms. The Hall–Kier alpha value is -1.02. The molecule has 2 nitrogen and oxygen atoms in total. The highest BCUT2D eigenvalue weighted by Gasteiger charge is 2.38. The van der Waals surface area contributed by atoms with Crippen molar-refractivity contribution >= 4 is 0 Å². The molecule has 2 atom stereocenters. The van der Waals surface area contributed by atoms with E-state index in [1.165, 1.54) is 18.4 Å². The van der Waals surface area contributed by atoms with Gasteiger partial charge in [-0.3, -0.25) is 0 Å². The van der Waals surface area contributed by atoms with Crippen LogP contribution in [0.3, 0.4) is 0 Å². The van der Waals surface area contributed by atoms with Crippen LogP contribution in [-0.2, 0) is 6.42 Å². The standard InChI is InChI=1S/C17H27NO/c1-13(2)11-16-17(3,9-10-18-16)12-14-5-7-15(19-4)8-6-14/h5-8,13,16,18H,9-12H2,1-4H3. The van der Waals surface area contributed by atoms with Crippen LogP contribution < -0.4 is 10.1 Å². The summed E-state index contributed by atoms with van der Waals surface area (Å²) in [6, 6.07) is 9.19. The van der Waals surface area contributed by atoms with Crippen LogP contribution in [0.15, 0.2) is 24.3 Å². The summed E-state index contributed by atoms with van der Waals surface area (Å²) in [6.07, 6.45) is 3.70. The molecule has 1 aliphatic heterocycles. The van der Waals surface area contributed by atoms with E-state index in [9.17, 15) is 0 Å². The number of nitrogens with one attached hydrogen (secondary N) is 1. The molecule has 1 saturated heterocycles. The first kappa shape index (κ1) is 14.4. The Morgan fingerprint density at radius 2 is 2.00 bits per heavy atom. The van der Waals surface area contributed by atoms with Gasteiger partial charge in [-0.05, 0) is 54.8 Å². The summed E-state index contributed by atoms with van der Waals surface area (Å²) in [5.41, 5.74) is 1.81. The molecule has 0 amide bonds. The zero-order chi connectivity index (χ0) is 13.9. The molecule has 1 aromatic carbocycles. The zero-order valence-corrected chi connectivity index (χ0v) is 12.7. The van der Waals surface area contributed by atoms with Crippen molar-refractivity contribution < 1.29 is 4.74 Å². The molecule has 2 rings (SSSR count). The van der Waals surface area contributed by atoms with Crippen molar-refractivity contribution in [2.75, 3.05) is 13.7 Å². The van der Waals surface area contributed by atoms with Gasteiger partial charge in [-0.25, -0.2) is 0 Å². The van der Waals surface area contributed by atoms with Crippen LogP contribution in [0.1, 0.15) is 39.2 Å². The molecule has 1 heterocycles. The molecule has 1 fully saturated rings. The highest BCUT2D eigenvalue weighted by molar-refractivity contribution is 5.28. The predicted molar refractivity (Wildman–Crippen MR) is 80.7 cm³/mol. The Labute approximate surface area is 117 Å². The van der Waals surface area contributed by atoms with Gasteiger partial charge in [-0.2, -0.15) is 0 Å². The highest BCUT2D eigenvalue weighted by Crippen LogP contribution is 2.37. The number of hydrogen-bond donors (Lipinski definition) is 1. The fraction of sp³-hybridized carbons (Fsp3) is 0.647. The number of hydrogen-bond acceptors (Lipinski definition) is 2. The Morgan fingerprint density at radius 1 is 1.32 bits per heavy atom. The van der Waals surface area contributed by atoms with Crippen LogP contribution in [0.25, 0.3) is 0 Å². The minimum absolute atomic E-state index is 0.388. The normalized spacial score (nSPS) is 26.9.